The molecule has 0 bridgehead atoms. The van der Waals surface area contributed by atoms with Gasteiger partial charge in [0, 0.05) is 5.56 Å². The van der Waals surface area contributed by atoms with Crippen LogP contribution >= 0.6 is 0 Å². The summed E-state index contributed by atoms with van der Waals surface area (Å²) in [5.74, 6) is 0.266. The fraction of sp³-hybridized carbons (Fsp3) is 0.263. The molecule has 0 aliphatic rings. The molecule has 26 heavy (non-hydrogen) atoms. The average molecular weight is 356 g/mol. The number of hydrogen-bond donors (Lipinski definition) is 4. The smallest absolute Gasteiger partial charge is 0.335 e. The van der Waals surface area contributed by atoms with E-state index in [1.165, 1.54) is 6.07 Å². The van der Waals surface area contributed by atoms with Gasteiger partial charge in [0.05, 0.1) is 23.2 Å². The molecule has 1 heterocycles. The van der Waals surface area contributed by atoms with Crippen LogP contribution in [-0.2, 0) is 0 Å². The number of fused-ring (bicyclic) bond motifs is 1. The fourth-order valence-electron chi connectivity index (χ4n) is 2.89. The number of carboxylic acids is 1. The van der Waals surface area contributed by atoms with Crippen LogP contribution in [0.4, 0.5) is 0 Å². The normalized spacial score (nSPS) is 12.3. The van der Waals surface area contributed by atoms with Gasteiger partial charge in [0.25, 0.3) is 0 Å². The molecule has 1 aromatic heterocycles. The number of aromatic carboxylic acids is 1. The summed E-state index contributed by atoms with van der Waals surface area (Å²) in [6.07, 6.45) is -0.922. The number of aromatic nitrogens is 2. The Balaban J connectivity index is 1.96. The van der Waals surface area contributed by atoms with Crippen molar-refractivity contribution in [2.24, 2.45) is 0 Å². The van der Waals surface area contributed by atoms with Crippen molar-refractivity contribution in [1.82, 2.24) is 9.97 Å². The molecule has 0 saturated carbocycles. The summed E-state index contributed by atoms with van der Waals surface area (Å²) in [6.45, 7) is 3.51. The zero-order valence-electron chi connectivity index (χ0n) is 14.5. The van der Waals surface area contributed by atoms with Gasteiger partial charge < -0.3 is 25.0 Å². The molecular formula is C19H20N2O5. The molecular weight excluding hydrogens is 336 g/mol. The number of nitrogens with one attached hydrogen (secondary N) is 1. The number of carbonyl (C=O) groups is 1. The summed E-state index contributed by atoms with van der Waals surface area (Å²) < 4.78 is 5.51. The first kappa shape index (κ1) is 17.9. The number of aromatic amines is 1. The van der Waals surface area contributed by atoms with Crippen LogP contribution in [0.25, 0.3) is 22.4 Å². The van der Waals surface area contributed by atoms with Crippen molar-refractivity contribution in [3.63, 3.8) is 0 Å². The number of nitrogens with zero attached hydrogens (tertiary/aromatic N) is 1. The van der Waals surface area contributed by atoms with Gasteiger partial charge in [-0.3, -0.25) is 0 Å². The molecule has 1 atom stereocenters. The number of aliphatic hydroxyl groups is 2. The number of hydrogen-bond acceptors (Lipinski definition) is 5. The van der Waals surface area contributed by atoms with Crippen LogP contribution in [0.5, 0.6) is 5.75 Å². The minimum atomic E-state index is -0.984. The van der Waals surface area contributed by atoms with Crippen LogP contribution in [-0.4, -0.2) is 50.6 Å². The molecule has 0 amide bonds. The molecule has 0 aliphatic heterocycles. The van der Waals surface area contributed by atoms with E-state index in [1.54, 1.807) is 12.1 Å². The summed E-state index contributed by atoms with van der Waals surface area (Å²) in [4.78, 5) is 18.9. The zero-order chi connectivity index (χ0) is 18.8. The Morgan fingerprint density at radius 3 is 2.54 bits per heavy atom. The molecule has 0 spiro atoms. The van der Waals surface area contributed by atoms with Gasteiger partial charge in [-0.15, -0.1) is 0 Å². The topological polar surface area (TPSA) is 116 Å². The van der Waals surface area contributed by atoms with Crippen molar-refractivity contribution in [2.75, 3.05) is 13.2 Å². The molecule has 0 fully saturated rings. The summed E-state index contributed by atoms with van der Waals surface area (Å²) in [7, 11) is 0. The SMILES string of the molecule is Cc1cc(OC[C@H](O)CO)cc(C)c1-c1nc2ccc(C(=O)O)cc2[nH]1. The third-order valence-corrected chi connectivity index (χ3v) is 4.12. The molecule has 4 N–H and O–H groups in total. The number of carboxylic acid groups (broad SMARTS) is 1. The van der Waals surface area contributed by atoms with Crippen LogP contribution in [0.15, 0.2) is 30.3 Å². The number of rotatable bonds is 6. The standard InChI is InChI=1S/C19H20N2O5/c1-10-5-14(26-9-13(23)8-22)6-11(2)17(10)18-20-15-4-3-12(19(24)25)7-16(15)21-18/h3-7,13,22-23H,8-9H2,1-2H3,(H,20,21)(H,24,25)/t13-/m1/s1. The van der Waals surface area contributed by atoms with E-state index in [0.29, 0.717) is 22.6 Å². The van der Waals surface area contributed by atoms with Crippen molar-refractivity contribution in [2.45, 2.75) is 20.0 Å². The van der Waals surface area contributed by atoms with E-state index in [4.69, 9.17) is 14.9 Å². The van der Waals surface area contributed by atoms with Gasteiger partial charge in [0.2, 0.25) is 0 Å². The second-order valence-corrected chi connectivity index (χ2v) is 6.20. The molecule has 0 aliphatic carbocycles. The van der Waals surface area contributed by atoms with Gasteiger partial charge in [0.15, 0.2) is 0 Å². The number of aryl methyl sites for hydroxylation is 2. The third kappa shape index (κ3) is 3.54. The zero-order valence-corrected chi connectivity index (χ0v) is 14.5. The minimum Gasteiger partial charge on any atom is -0.491 e. The quantitative estimate of drug-likeness (QED) is 0.538. The van der Waals surface area contributed by atoms with E-state index in [9.17, 15) is 9.90 Å². The van der Waals surface area contributed by atoms with Gasteiger partial charge in [-0.1, -0.05) is 0 Å². The van der Waals surface area contributed by atoms with Crippen molar-refractivity contribution >= 4 is 17.0 Å². The fourth-order valence-corrected chi connectivity index (χ4v) is 2.89. The highest BCUT2D eigenvalue weighted by Crippen LogP contribution is 2.31. The van der Waals surface area contributed by atoms with Crippen molar-refractivity contribution in [1.29, 1.82) is 0 Å². The first-order valence-corrected chi connectivity index (χ1v) is 8.15. The highest BCUT2D eigenvalue weighted by atomic mass is 16.5. The predicted molar refractivity (Wildman–Crippen MR) is 96.6 cm³/mol. The summed E-state index contributed by atoms with van der Waals surface area (Å²) in [5, 5.41) is 27.4. The number of aliphatic hydroxyl groups excluding tert-OH is 2. The van der Waals surface area contributed by atoms with Crippen LogP contribution in [0.1, 0.15) is 21.5 Å². The van der Waals surface area contributed by atoms with Crippen molar-refractivity contribution in [3.8, 4) is 17.1 Å². The molecule has 0 unspecified atom stereocenters. The Morgan fingerprint density at radius 2 is 1.92 bits per heavy atom. The van der Waals surface area contributed by atoms with Crippen molar-refractivity contribution in [3.05, 3.63) is 47.0 Å². The van der Waals surface area contributed by atoms with E-state index in [2.05, 4.69) is 9.97 Å². The number of ether oxygens (including phenoxy) is 1. The molecule has 2 aromatic carbocycles. The Kier molecular flexibility index (Phi) is 4.92. The third-order valence-electron chi connectivity index (χ3n) is 4.12. The Labute approximate surface area is 149 Å². The van der Waals surface area contributed by atoms with Gasteiger partial charge in [0.1, 0.15) is 24.3 Å². The van der Waals surface area contributed by atoms with E-state index < -0.39 is 12.1 Å². The second kappa shape index (κ2) is 7.15. The molecule has 0 saturated heterocycles. The highest BCUT2D eigenvalue weighted by molar-refractivity contribution is 5.93. The summed E-state index contributed by atoms with van der Waals surface area (Å²) in [5.41, 5.74) is 4.31. The maximum atomic E-state index is 11.1. The van der Waals surface area contributed by atoms with Crippen LogP contribution in [0.3, 0.4) is 0 Å². The van der Waals surface area contributed by atoms with E-state index in [-0.39, 0.29) is 18.8 Å². The average Bonchev–Trinajstić information content (AvgIpc) is 3.01. The van der Waals surface area contributed by atoms with E-state index in [1.807, 2.05) is 26.0 Å². The maximum absolute atomic E-state index is 11.1. The Bertz CT molecular complexity index is 941. The van der Waals surface area contributed by atoms with Gasteiger partial charge in [-0.2, -0.15) is 0 Å². The molecule has 3 rings (SSSR count). The highest BCUT2D eigenvalue weighted by Gasteiger charge is 2.14. The molecule has 7 heteroatoms. The lowest BCUT2D eigenvalue weighted by Gasteiger charge is -2.13. The summed E-state index contributed by atoms with van der Waals surface area (Å²) >= 11 is 0. The number of benzene rings is 2. The minimum absolute atomic E-state index is 0.0112. The van der Waals surface area contributed by atoms with E-state index >= 15 is 0 Å². The molecule has 136 valence electrons. The van der Waals surface area contributed by atoms with Crippen LogP contribution in [0, 0.1) is 13.8 Å². The monoisotopic (exact) mass is 356 g/mol. The Hall–Kier alpha value is -2.90. The molecule has 0 radical (unpaired) electrons. The van der Waals surface area contributed by atoms with Crippen LogP contribution < -0.4 is 4.74 Å². The van der Waals surface area contributed by atoms with Gasteiger partial charge >= 0.3 is 5.97 Å². The lowest BCUT2D eigenvalue weighted by atomic mass is 10.0. The lowest BCUT2D eigenvalue weighted by Crippen LogP contribution is -2.21. The van der Waals surface area contributed by atoms with Crippen molar-refractivity contribution < 1.29 is 24.9 Å². The van der Waals surface area contributed by atoms with Gasteiger partial charge in [-0.05, 0) is 55.3 Å². The van der Waals surface area contributed by atoms with Gasteiger partial charge in [-0.25, -0.2) is 9.78 Å². The number of H-pyrrole nitrogens is 1. The molecule has 7 nitrogen and oxygen atoms in total. The van der Waals surface area contributed by atoms with E-state index in [0.717, 1.165) is 16.7 Å². The largest absolute Gasteiger partial charge is 0.491 e. The summed E-state index contributed by atoms with van der Waals surface area (Å²) in [6, 6.07) is 8.44. The first-order chi connectivity index (χ1) is 12.4. The Morgan fingerprint density at radius 1 is 1.23 bits per heavy atom. The van der Waals surface area contributed by atoms with Crippen LogP contribution in [0.2, 0.25) is 0 Å². The lowest BCUT2D eigenvalue weighted by molar-refractivity contribution is 0.0536. The maximum Gasteiger partial charge on any atom is 0.335 e. The second-order valence-electron chi connectivity index (χ2n) is 6.20. The number of imidazole rings is 1. The predicted octanol–water partition coefficient (Wildman–Crippen LogP) is 2.28. The molecule has 3 aromatic rings. The first-order valence-electron chi connectivity index (χ1n) is 8.15.